The van der Waals surface area contributed by atoms with Gasteiger partial charge in [0.25, 0.3) is 0 Å². The van der Waals surface area contributed by atoms with Crippen LogP contribution in [-0.2, 0) is 6.42 Å². The molecule has 0 saturated heterocycles. The van der Waals surface area contributed by atoms with Crippen molar-refractivity contribution in [1.29, 1.82) is 0 Å². The van der Waals surface area contributed by atoms with Crippen LogP contribution < -0.4 is 4.74 Å². The number of alkyl halides is 1. The lowest BCUT2D eigenvalue weighted by molar-refractivity contribution is 0.414. The number of hydrogen-bond acceptors (Lipinski definition) is 1. The van der Waals surface area contributed by atoms with E-state index in [0.717, 1.165) is 12.2 Å². The molecule has 2 heteroatoms. The van der Waals surface area contributed by atoms with Gasteiger partial charge in [0, 0.05) is 4.83 Å². The fourth-order valence-electron chi connectivity index (χ4n) is 1.12. The van der Waals surface area contributed by atoms with Gasteiger partial charge in [0.2, 0.25) is 0 Å². The van der Waals surface area contributed by atoms with Crippen LogP contribution in [0.25, 0.3) is 0 Å². The highest BCUT2D eigenvalue weighted by Gasteiger charge is 1.99. The number of benzene rings is 1. The molecule has 0 radical (unpaired) electrons. The molecular weight excluding hydrogens is 216 g/mol. The van der Waals surface area contributed by atoms with Crippen molar-refractivity contribution in [3.63, 3.8) is 0 Å². The van der Waals surface area contributed by atoms with E-state index in [1.54, 1.807) is 7.11 Å². The second-order valence-electron chi connectivity index (χ2n) is 2.84. The molecule has 0 heterocycles. The highest BCUT2D eigenvalue weighted by molar-refractivity contribution is 9.09. The van der Waals surface area contributed by atoms with Crippen LogP contribution in [0.1, 0.15) is 12.5 Å². The van der Waals surface area contributed by atoms with Crippen molar-refractivity contribution in [3.05, 3.63) is 29.8 Å². The zero-order chi connectivity index (χ0) is 8.97. The highest BCUT2D eigenvalue weighted by atomic mass is 79.9. The first-order chi connectivity index (χ1) is 5.72. The molecule has 0 aliphatic carbocycles. The molecule has 0 spiro atoms. The van der Waals surface area contributed by atoms with Crippen molar-refractivity contribution in [2.24, 2.45) is 0 Å². The van der Waals surface area contributed by atoms with Crippen molar-refractivity contribution in [1.82, 2.24) is 0 Å². The van der Waals surface area contributed by atoms with Gasteiger partial charge in [0.15, 0.2) is 0 Å². The second kappa shape index (κ2) is 4.51. The Labute approximate surface area is 81.9 Å². The zero-order valence-corrected chi connectivity index (χ0v) is 8.97. The van der Waals surface area contributed by atoms with Gasteiger partial charge in [0.05, 0.1) is 7.11 Å². The van der Waals surface area contributed by atoms with Gasteiger partial charge in [-0.05, 0) is 24.1 Å². The molecule has 0 N–H and O–H groups in total. The predicted octanol–water partition coefficient (Wildman–Crippen LogP) is 3.02. The van der Waals surface area contributed by atoms with E-state index in [1.807, 2.05) is 12.1 Å². The molecule has 0 fully saturated rings. The monoisotopic (exact) mass is 228 g/mol. The minimum atomic E-state index is 0.518. The van der Waals surface area contributed by atoms with Crippen LogP contribution >= 0.6 is 15.9 Å². The molecule has 66 valence electrons. The highest BCUT2D eigenvalue weighted by Crippen LogP contribution is 2.15. The van der Waals surface area contributed by atoms with E-state index >= 15 is 0 Å². The van der Waals surface area contributed by atoms with Gasteiger partial charge in [0.1, 0.15) is 5.75 Å². The Morgan fingerprint density at radius 3 is 2.83 bits per heavy atom. The summed E-state index contributed by atoms with van der Waals surface area (Å²) in [5.74, 6) is 0.931. The molecule has 0 unspecified atom stereocenters. The first-order valence-corrected chi connectivity index (χ1v) is 4.91. The molecule has 12 heavy (non-hydrogen) atoms. The zero-order valence-electron chi connectivity index (χ0n) is 7.38. The Bertz CT molecular complexity index is 245. The van der Waals surface area contributed by atoms with Crippen LogP contribution in [0.4, 0.5) is 0 Å². The largest absolute Gasteiger partial charge is 0.497 e. The van der Waals surface area contributed by atoms with Crippen LogP contribution in [0, 0.1) is 0 Å². The van der Waals surface area contributed by atoms with E-state index in [0.29, 0.717) is 4.83 Å². The minimum absolute atomic E-state index is 0.518. The minimum Gasteiger partial charge on any atom is -0.497 e. The van der Waals surface area contributed by atoms with Crippen LogP contribution in [0.15, 0.2) is 24.3 Å². The molecule has 1 atom stereocenters. The SMILES string of the molecule is COc1cccc(C[C@H](C)Br)c1. The summed E-state index contributed by atoms with van der Waals surface area (Å²) in [6.07, 6.45) is 1.04. The lowest BCUT2D eigenvalue weighted by Gasteiger charge is -2.05. The number of methoxy groups -OCH3 is 1. The summed E-state index contributed by atoms with van der Waals surface area (Å²) in [4.78, 5) is 0.518. The van der Waals surface area contributed by atoms with Crippen molar-refractivity contribution in [2.75, 3.05) is 7.11 Å². The molecule has 0 aliphatic rings. The van der Waals surface area contributed by atoms with Crippen molar-refractivity contribution < 1.29 is 4.74 Å². The lowest BCUT2D eigenvalue weighted by Crippen LogP contribution is -1.96. The first-order valence-electron chi connectivity index (χ1n) is 3.99. The van der Waals surface area contributed by atoms with Gasteiger partial charge in [-0.3, -0.25) is 0 Å². The third-order valence-corrected chi connectivity index (χ3v) is 1.97. The van der Waals surface area contributed by atoms with E-state index in [1.165, 1.54) is 5.56 Å². The van der Waals surface area contributed by atoms with E-state index in [-0.39, 0.29) is 0 Å². The Morgan fingerprint density at radius 1 is 1.50 bits per heavy atom. The van der Waals surface area contributed by atoms with E-state index in [2.05, 4.69) is 35.0 Å². The third-order valence-electron chi connectivity index (χ3n) is 1.65. The maximum atomic E-state index is 5.12. The summed E-state index contributed by atoms with van der Waals surface area (Å²) in [5, 5.41) is 0. The summed E-state index contributed by atoms with van der Waals surface area (Å²) in [6.45, 7) is 2.14. The van der Waals surface area contributed by atoms with Gasteiger partial charge in [-0.2, -0.15) is 0 Å². The lowest BCUT2D eigenvalue weighted by atomic mass is 10.1. The Morgan fingerprint density at radius 2 is 2.25 bits per heavy atom. The topological polar surface area (TPSA) is 9.23 Å². The number of hydrogen-bond donors (Lipinski definition) is 0. The van der Waals surface area contributed by atoms with E-state index < -0.39 is 0 Å². The van der Waals surface area contributed by atoms with Crippen LogP contribution in [-0.4, -0.2) is 11.9 Å². The second-order valence-corrected chi connectivity index (χ2v) is 4.40. The van der Waals surface area contributed by atoms with E-state index in [4.69, 9.17) is 4.74 Å². The maximum absolute atomic E-state index is 5.12. The van der Waals surface area contributed by atoms with E-state index in [9.17, 15) is 0 Å². The van der Waals surface area contributed by atoms with Crippen molar-refractivity contribution in [3.8, 4) is 5.75 Å². The molecule has 0 amide bonds. The van der Waals surface area contributed by atoms with Crippen molar-refractivity contribution >= 4 is 15.9 Å². The first kappa shape index (κ1) is 9.59. The standard InChI is InChI=1S/C10H13BrO/c1-8(11)6-9-4-3-5-10(7-9)12-2/h3-5,7-8H,6H2,1-2H3/t8-/m0/s1. The van der Waals surface area contributed by atoms with Crippen LogP contribution in [0.2, 0.25) is 0 Å². The predicted molar refractivity (Wildman–Crippen MR) is 55.1 cm³/mol. The normalized spacial score (nSPS) is 12.6. The molecule has 0 bridgehead atoms. The van der Waals surface area contributed by atoms with Crippen LogP contribution in [0.5, 0.6) is 5.75 Å². The van der Waals surface area contributed by atoms with Gasteiger partial charge >= 0.3 is 0 Å². The van der Waals surface area contributed by atoms with Gasteiger partial charge < -0.3 is 4.74 Å². The molecule has 1 nitrogen and oxygen atoms in total. The summed E-state index contributed by atoms with van der Waals surface area (Å²) in [6, 6.07) is 8.16. The molecule has 0 aromatic heterocycles. The molecule has 1 rings (SSSR count). The van der Waals surface area contributed by atoms with Gasteiger partial charge in [-0.1, -0.05) is 35.0 Å². The Hall–Kier alpha value is -0.500. The average Bonchev–Trinajstić information content (AvgIpc) is 2.03. The summed E-state index contributed by atoms with van der Waals surface area (Å²) >= 11 is 3.52. The Balaban J connectivity index is 2.72. The molecular formula is C10H13BrO. The summed E-state index contributed by atoms with van der Waals surface area (Å²) in [5.41, 5.74) is 1.30. The Kier molecular flexibility index (Phi) is 3.60. The summed E-state index contributed by atoms with van der Waals surface area (Å²) in [7, 11) is 1.69. The average molecular weight is 229 g/mol. The third kappa shape index (κ3) is 2.86. The molecule has 0 aliphatic heterocycles. The number of rotatable bonds is 3. The fourth-order valence-corrected chi connectivity index (χ4v) is 1.50. The molecule has 0 saturated carbocycles. The quantitative estimate of drug-likeness (QED) is 0.724. The molecule has 1 aromatic rings. The number of halogens is 1. The fraction of sp³-hybridized carbons (Fsp3) is 0.400. The smallest absolute Gasteiger partial charge is 0.119 e. The number of ether oxygens (including phenoxy) is 1. The van der Waals surface area contributed by atoms with Gasteiger partial charge in [-0.25, -0.2) is 0 Å². The van der Waals surface area contributed by atoms with Crippen LogP contribution in [0.3, 0.4) is 0 Å². The van der Waals surface area contributed by atoms with Gasteiger partial charge in [-0.15, -0.1) is 0 Å². The van der Waals surface area contributed by atoms with Crippen molar-refractivity contribution in [2.45, 2.75) is 18.2 Å². The molecule has 1 aromatic carbocycles. The maximum Gasteiger partial charge on any atom is 0.119 e. The summed E-state index contributed by atoms with van der Waals surface area (Å²) < 4.78 is 5.12.